The third-order valence-electron chi connectivity index (χ3n) is 1.40. The van der Waals surface area contributed by atoms with E-state index in [4.69, 9.17) is 10.2 Å². The summed E-state index contributed by atoms with van der Waals surface area (Å²) in [7, 11) is 1.70. The van der Waals surface area contributed by atoms with Gasteiger partial charge in [-0.05, 0) is 6.07 Å². The van der Waals surface area contributed by atoms with E-state index in [1.807, 2.05) is 0 Å². The maximum atomic E-state index is 8.82. The Kier molecular flexibility index (Phi) is 2.40. The molecule has 0 saturated heterocycles. The summed E-state index contributed by atoms with van der Waals surface area (Å²) in [4.78, 5) is 3.81. The smallest absolute Gasteiger partial charge is 0.180 e. The Morgan fingerprint density at radius 2 is 2.27 bits per heavy atom. The van der Waals surface area contributed by atoms with Gasteiger partial charge in [-0.3, -0.25) is 4.98 Å². The predicted octanol–water partition coefficient (Wildman–Crippen LogP) is 0.106. The third kappa shape index (κ3) is 1.66. The number of hydrogen-bond donors (Lipinski definition) is 3. The number of pyridine rings is 1. The van der Waals surface area contributed by atoms with Crippen LogP contribution in [0.3, 0.4) is 0 Å². The fourth-order valence-corrected chi connectivity index (χ4v) is 0.839. The van der Waals surface area contributed by atoms with Crippen LogP contribution in [0.5, 0.6) is 0 Å². The molecule has 1 heterocycles. The number of anilines is 1. The molecule has 0 bridgehead atoms. The number of nitrogens with one attached hydrogen (secondary N) is 1. The van der Waals surface area contributed by atoms with Crippen molar-refractivity contribution in [2.75, 3.05) is 12.4 Å². The molecular formula is C7H10N2O2. The van der Waals surface area contributed by atoms with Crippen LogP contribution in [0.2, 0.25) is 0 Å². The van der Waals surface area contributed by atoms with Crippen LogP contribution in [-0.4, -0.2) is 22.2 Å². The minimum Gasteiger partial charge on any atom is -0.386 e. The summed E-state index contributed by atoms with van der Waals surface area (Å²) in [5.74, 6) is 0. The Balaban J connectivity index is 3.02. The Morgan fingerprint density at radius 3 is 2.73 bits per heavy atom. The molecule has 0 radical (unpaired) electrons. The average molecular weight is 154 g/mol. The van der Waals surface area contributed by atoms with E-state index in [0.29, 0.717) is 11.3 Å². The average Bonchev–Trinajstić information content (AvgIpc) is 2.04. The van der Waals surface area contributed by atoms with Crippen molar-refractivity contribution in [2.24, 2.45) is 0 Å². The van der Waals surface area contributed by atoms with E-state index in [0.717, 1.165) is 0 Å². The fourth-order valence-electron chi connectivity index (χ4n) is 0.839. The second-order valence-electron chi connectivity index (χ2n) is 2.09. The molecule has 3 N–H and O–H groups in total. The van der Waals surface area contributed by atoms with Crippen molar-refractivity contribution in [3.63, 3.8) is 0 Å². The number of aliphatic hydroxyl groups excluding tert-OH is 1. The normalized spacial score (nSPS) is 10.2. The van der Waals surface area contributed by atoms with E-state index in [-0.39, 0.29) is 0 Å². The van der Waals surface area contributed by atoms with Crippen LogP contribution in [0.25, 0.3) is 0 Å². The minimum atomic E-state index is -1.44. The SMILES string of the molecule is CNc1cnccc1C(O)O. The first-order valence-corrected chi connectivity index (χ1v) is 3.23. The Labute approximate surface area is 64.5 Å². The first-order valence-electron chi connectivity index (χ1n) is 3.23. The summed E-state index contributed by atoms with van der Waals surface area (Å²) in [6.45, 7) is 0. The van der Waals surface area contributed by atoms with Crippen LogP contribution in [0, 0.1) is 0 Å². The Hall–Kier alpha value is -1.13. The number of aliphatic hydroxyl groups is 2. The summed E-state index contributed by atoms with van der Waals surface area (Å²) >= 11 is 0. The molecule has 0 atom stereocenters. The Bertz CT molecular complexity index is 238. The van der Waals surface area contributed by atoms with Gasteiger partial charge in [0.2, 0.25) is 0 Å². The van der Waals surface area contributed by atoms with Gasteiger partial charge in [0.25, 0.3) is 0 Å². The van der Waals surface area contributed by atoms with E-state index >= 15 is 0 Å². The van der Waals surface area contributed by atoms with Gasteiger partial charge in [-0.25, -0.2) is 0 Å². The zero-order valence-corrected chi connectivity index (χ0v) is 6.15. The number of hydrogen-bond acceptors (Lipinski definition) is 4. The topological polar surface area (TPSA) is 65.4 Å². The van der Waals surface area contributed by atoms with Crippen molar-refractivity contribution in [3.05, 3.63) is 24.0 Å². The molecule has 0 aromatic carbocycles. The molecule has 60 valence electrons. The summed E-state index contributed by atoms with van der Waals surface area (Å²) < 4.78 is 0. The first kappa shape index (κ1) is 7.97. The highest BCUT2D eigenvalue weighted by Gasteiger charge is 2.06. The molecule has 0 saturated carbocycles. The van der Waals surface area contributed by atoms with Crippen LogP contribution in [-0.2, 0) is 0 Å². The molecule has 1 rings (SSSR count). The molecule has 1 aromatic rings. The third-order valence-corrected chi connectivity index (χ3v) is 1.40. The number of aromatic nitrogens is 1. The van der Waals surface area contributed by atoms with Crippen molar-refractivity contribution in [2.45, 2.75) is 6.29 Å². The minimum absolute atomic E-state index is 0.433. The zero-order valence-electron chi connectivity index (χ0n) is 6.15. The van der Waals surface area contributed by atoms with Crippen LogP contribution < -0.4 is 5.32 Å². The van der Waals surface area contributed by atoms with E-state index in [1.165, 1.54) is 12.4 Å². The highest BCUT2D eigenvalue weighted by atomic mass is 16.5. The lowest BCUT2D eigenvalue weighted by molar-refractivity contribution is -0.0419. The van der Waals surface area contributed by atoms with Gasteiger partial charge in [-0.2, -0.15) is 0 Å². The van der Waals surface area contributed by atoms with Crippen LogP contribution in [0.15, 0.2) is 18.5 Å². The molecule has 0 unspecified atom stereocenters. The van der Waals surface area contributed by atoms with Gasteiger partial charge in [0.1, 0.15) is 0 Å². The fraction of sp³-hybridized carbons (Fsp3) is 0.286. The molecule has 11 heavy (non-hydrogen) atoms. The maximum absolute atomic E-state index is 8.82. The van der Waals surface area contributed by atoms with Crippen molar-refractivity contribution >= 4 is 5.69 Å². The quantitative estimate of drug-likeness (QED) is 0.529. The molecule has 0 spiro atoms. The Morgan fingerprint density at radius 1 is 1.55 bits per heavy atom. The molecule has 0 aliphatic carbocycles. The molecule has 0 fully saturated rings. The van der Waals surface area contributed by atoms with Gasteiger partial charge in [0.15, 0.2) is 6.29 Å². The van der Waals surface area contributed by atoms with Crippen molar-refractivity contribution in [1.29, 1.82) is 0 Å². The standard InChI is InChI=1S/C7H10N2O2/c1-8-6-4-9-3-2-5(6)7(10)11/h2-4,7-8,10-11H,1H3. The van der Waals surface area contributed by atoms with Gasteiger partial charge >= 0.3 is 0 Å². The molecule has 4 heteroatoms. The van der Waals surface area contributed by atoms with Gasteiger partial charge in [-0.1, -0.05) is 0 Å². The number of nitrogens with zero attached hydrogens (tertiary/aromatic N) is 1. The molecule has 0 aliphatic heterocycles. The van der Waals surface area contributed by atoms with Gasteiger partial charge in [0.05, 0.1) is 11.9 Å². The molecule has 4 nitrogen and oxygen atoms in total. The van der Waals surface area contributed by atoms with Gasteiger partial charge in [0, 0.05) is 18.8 Å². The molecule has 0 aliphatic rings. The van der Waals surface area contributed by atoms with E-state index < -0.39 is 6.29 Å². The summed E-state index contributed by atoms with van der Waals surface area (Å²) in [5.41, 5.74) is 1.06. The molecule has 0 amide bonds. The number of rotatable bonds is 2. The second kappa shape index (κ2) is 3.32. The van der Waals surface area contributed by atoms with Crippen LogP contribution in [0.4, 0.5) is 5.69 Å². The molecule has 1 aromatic heterocycles. The molecular weight excluding hydrogens is 144 g/mol. The summed E-state index contributed by atoms with van der Waals surface area (Å²) in [5, 5.41) is 20.4. The van der Waals surface area contributed by atoms with E-state index in [9.17, 15) is 0 Å². The maximum Gasteiger partial charge on any atom is 0.180 e. The van der Waals surface area contributed by atoms with Gasteiger partial charge in [-0.15, -0.1) is 0 Å². The van der Waals surface area contributed by atoms with E-state index in [2.05, 4.69) is 10.3 Å². The monoisotopic (exact) mass is 154 g/mol. The second-order valence-corrected chi connectivity index (χ2v) is 2.09. The highest BCUT2D eigenvalue weighted by molar-refractivity contribution is 5.48. The van der Waals surface area contributed by atoms with Crippen molar-refractivity contribution in [3.8, 4) is 0 Å². The lowest BCUT2D eigenvalue weighted by atomic mass is 10.2. The van der Waals surface area contributed by atoms with Crippen molar-refractivity contribution < 1.29 is 10.2 Å². The largest absolute Gasteiger partial charge is 0.386 e. The van der Waals surface area contributed by atoms with Crippen LogP contribution >= 0.6 is 0 Å². The predicted molar refractivity (Wildman–Crippen MR) is 41.0 cm³/mol. The van der Waals surface area contributed by atoms with Crippen LogP contribution in [0.1, 0.15) is 11.9 Å². The lowest BCUT2D eigenvalue weighted by Gasteiger charge is -2.08. The van der Waals surface area contributed by atoms with Gasteiger partial charge < -0.3 is 15.5 Å². The van der Waals surface area contributed by atoms with E-state index in [1.54, 1.807) is 13.1 Å². The first-order chi connectivity index (χ1) is 5.25. The summed E-state index contributed by atoms with van der Waals surface area (Å²) in [6, 6.07) is 1.55. The lowest BCUT2D eigenvalue weighted by Crippen LogP contribution is -2.01. The zero-order chi connectivity index (χ0) is 8.27. The highest BCUT2D eigenvalue weighted by Crippen LogP contribution is 2.18. The summed E-state index contributed by atoms with van der Waals surface area (Å²) in [6.07, 6.45) is 1.60. The van der Waals surface area contributed by atoms with Crippen molar-refractivity contribution in [1.82, 2.24) is 4.98 Å².